The maximum absolute atomic E-state index is 13.4. The third-order valence-electron chi connectivity index (χ3n) is 5.99. The Morgan fingerprint density at radius 2 is 2.17 bits per heavy atom. The van der Waals surface area contributed by atoms with Gasteiger partial charge in [0, 0.05) is 18.0 Å². The van der Waals surface area contributed by atoms with Gasteiger partial charge in [-0.05, 0) is 50.5 Å². The van der Waals surface area contributed by atoms with E-state index >= 15 is 0 Å². The minimum absolute atomic E-state index is 0.00377. The third kappa shape index (κ3) is 4.54. The van der Waals surface area contributed by atoms with Gasteiger partial charge in [-0.15, -0.1) is 11.3 Å². The number of carbonyl (C=O) groups excluding carboxylic acids is 1. The van der Waals surface area contributed by atoms with Crippen LogP contribution < -0.4 is 10.9 Å². The van der Waals surface area contributed by atoms with Crippen molar-refractivity contribution in [1.82, 2.24) is 14.9 Å². The molecule has 1 N–H and O–H groups in total. The number of hydrogen-bond acceptors (Lipinski definition) is 6. The number of ether oxygens (including phenoxy) is 1. The van der Waals surface area contributed by atoms with Crippen molar-refractivity contribution in [3.8, 4) is 0 Å². The summed E-state index contributed by atoms with van der Waals surface area (Å²) in [5.74, 6) is 0.926. The zero-order valence-electron chi connectivity index (χ0n) is 17.2. The SMILES string of the molecule is CCc1c(C)sc2nc(SCC(=O)NCC3CCC3)n(CC3CCCO3)c(=O)c12. The molecule has 6 nitrogen and oxygen atoms in total. The number of nitrogens with one attached hydrogen (secondary N) is 1. The first-order chi connectivity index (χ1) is 14.1. The molecule has 1 atom stereocenters. The average molecular weight is 436 g/mol. The first-order valence-corrected chi connectivity index (χ1v) is 12.4. The van der Waals surface area contributed by atoms with Gasteiger partial charge in [0.2, 0.25) is 5.91 Å². The Morgan fingerprint density at radius 1 is 1.34 bits per heavy atom. The summed E-state index contributed by atoms with van der Waals surface area (Å²) in [6, 6.07) is 0. The molecule has 1 aliphatic heterocycles. The predicted octanol–water partition coefficient (Wildman–Crippen LogP) is 3.52. The summed E-state index contributed by atoms with van der Waals surface area (Å²) in [6.07, 6.45) is 6.55. The molecule has 8 heteroatoms. The predicted molar refractivity (Wildman–Crippen MR) is 118 cm³/mol. The van der Waals surface area contributed by atoms with E-state index in [4.69, 9.17) is 9.72 Å². The number of nitrogens with zero attached hydrogens (tertiary/aromatic N) is 2. The van der Waals surface area contributed by atoms with Gasteiger partial charge >= 0.3 is 0 Å². The van der Waals surface area contributed by atoms with Crippen LogP contribution in [-0.2, 0) is 22.5 Å². The molecule has 1 saturated heterocycles. The Morgan fingerprint density at radius 3 is 2.83 bits per heavy atom. The van der Waals surface area contributed by atoms with Crippen molar-refractivity contribution in [2.45, 2.75) is 70.2 Å². The second-order valence-electron chi connectivity index (χ2n) is 8.01. The molecule has 2 fully saturated rings. The lowest BCUT2D eigenvalue weighted by Gasteiger charge is -2.25. The Balaban J connectivity index is 1.58. The molecule has 0 aromatic carbocycles. The second kappa shape index (κ2) is 9.18. The van der Waals surface area contributed by atoms with Gasteiger partial charge in [0.15, 0.2) is 5.16 Å². The normalized spacial score (nSPS) is 19.6. The van der Waals surface area contributed by atoms with Gasteiger partial charge < -0.3 is 10.1 Å². The van der Waals surface area contributed by atoms with Gasteiger partial charge in [0.1, 0.15) is 4.83 Å². The van der Waals surface area contributed by atoms with Crippen LogP contribution in [0, 0.1) is 12.8 Å². The number of hydrogen-bond donors (Lipinski definition) is 1. The number of rotatable bonds is 8. The lowest BCUT2D eigenvalue weighted by molar-refractivity contribution is -0.118. The molecule has 4 rings (SSSR count). The largest absolute Gasteiger partial charge is 0.376 e. The summed E-state index contributed by atoms with van der Waals surface area (Å²) < 4.78 is 7.52. The molecule has 2 aromatic heterocycles. The van der Waals surface area contributed by atoms with Crippen molar-refractivity contribution in [2.24, 2.45) is 5.92 Å². The van der Waals surface area contributed by atoms with Gasteiger partial charge in [-0.3, -0.25) is 14.2 Å². The minimum Gasteiger partial charge on any atom is -0.376 e. The highest BCUT2D eigenvalue weighted by molar-refractivity contribution is 7.99. The highest BCUT2D eigenvalue weighted by atomic mass is 32.2. The molecule has 158 valence electrons. The van der Waals surface area contributed by atoms with Gasteiger partial charge in [0.05, 0.1) is 23.8 Å². The van der Waals surface area contributed by atoms with E-state index in [-0.39, 0.29) is 23.3 Å². The summed E-state index contributed by atoms with van der Waals surface area (Å²) in [7, 11) is 0. The Labute approximate surface area is 179 Å². The van der Waals surface area contributed by atoms with Gasteiger partial charge in [-0.2, -0.15) is 0 Å². The fraction of sp³-hybridized carbons (Fsp3) is 0.667. The monoisotopic (exact) mass is 435 g/mol. The van der Waals surface area contributed by atoms with Gasteiger partial charge in [0.25, 0.3) is 5.56 Å². The smallest absolute Gasteiger partial charge is 0.263 e. The van der Waals surface area contributed by atoms with E-state index in [9.17, 15) is 9.59 Å². The highest BCUT2D eigenvalue weighted by Crippen LogP contribution is 2.30. The number of amides is 1. The van der Waals surface area contributed by atoms with Crippen LogP contribution in [0.2, 0.25) is 0 Å². The number of thiophene rings is 1. The molecule has 29 heavy (non-hydrogen) atoms. The second-order valence-corrected chi connectivity index (χ2v) is 10.2. The molecule has 0 bridgehead atoms. The van der Waals surface area contributed by atoms with Crippen LogP contribution in [0.5, 0.6) is 0 Å². The number of thioether (sulfide) groups is 1. The van der Waals surface area contributed by atoms with E-state index in [1.807, 2.05) is 0 Å². The average Bonchev–Trinajstić information content (AvgIpc) is 3.28. The Hall–Kier alpha value is -1.38. The maximum atomic E-state index is 13.4. The van der Waals surface area contributed by atoms with E-state index in [2.05, 4.69) is 19.2 Å². The molecular formula is C21H29N3O3S2. The van der Waals surface area contributed by atoms with Crippen LogP contribution in [0.4, 0.5) is 0 Å². The van der Waals surface area contributed by atoms with E-state index in [0.29, 0.717) is 17.6 Å². The van der Waals surface area contributed by atoms with Gasteiger partial charge in [-0.1, -0.05) is 25.1 Å². The fourth-order valence-electron chi connectivity index (χ4n) is 4.06. The van der Waals surface area contributed by atoms with Crippen molar-refractivity contribution >= 4 is 39.2 Å². The maximum Gasteiger partial charge on any atom is 0.263 e. The molecule has 1 aliphatic carbocycles. The first kappa shape index (κ1) is 20.9. The molecule has 1 saturated carbocycles. The van der Waals surface area contributed by atoms with Crippen molar-refractivity contribution < 1.29 is 9.53 Å². The van der Waals surface area contributed by atoms with Gasteiger partial charge in [-0.25, -0.2) is 4.98 Å². The van der Waals surface area contributed by atoms with Crippen molar-refractivity contribution in [3.05, 3.63) is 20.8 Å². The van der Waals surface area contributed by atoms with Crippen LogP contribution in [0.15, 0.2) is 9.95 Å². The van der Waals surface area contributed by atoms with Crippen molar-refractivity contribution in [2.75, 3.05) is 18.9 Å². The quantitative estimate of drug-likeness (QED) is 0.507. The molecule has 1 amide bonds. The van der Waals surface area contributed by atoms with Crippen molar-refractivity contribution in [1.29, 1.82) is 0 Å². The molecule has 0 spiro atoms. The molecule has 2 aromatic rings. The standard InChI is InChI=1S/C21H29N3O3S2/c1-3-16-13(2)29-19-18(16)20(26)24(11-15-8-5-9-27-15)21(23-19)28-12-17(25)22-10-14-6-4-7-14/h14-15H,3-12H2,1-2H3,(H,22,25). The summed E-state index contributed by atoms with van der Waals surface area (Å²) >= 11 is 2.93. The van der Waals surface area contributed by atoms with E-state index < -0.39 is 0 Å². The van der Waals surface area contributed by atoms with E-state index in [0.717, 1.165) is 53.1 Å². The lowest BCUT2D eigenvalue weighted by atomic mass is 9.85. The molecule has 0 radical (unpaired) electrons. The third-order valence-corrected chi connectivity index (χ3v) is 8.00. The molecule has 3 heterocycles. The molecule has 2 aliphatic rings. The number of aryl methyl sites for hydroxylation is 2. The summed E-state index contributed by atoms with van der Waals surface area (Å²) in [6.45, 7) is 6.15. The molecular weight excluding hydrogens is 406 g/mol. The highest BCUT2D eigenvalue weighted by Gasteiger charge is 2.23. The minimum atomic E-state index is 0.00377. The number of carbonyl (C=O) groups is 1. The van der Waals surface area contributed by atoms with Crippen LogP contribution in [-0.4, -0.2) is 40.5 Å². The zero-order valence-corrected chi connectivity index (χ0v) is 18.8. The fourth-order valence-corrected chi connectivity index (χ4v) is 6.05. The molecule has 1 unspecified atom stereocenters. The number of fused-ring (bicyclic) bond motifs is 1. The first-order valence-electron chi connectivity index (χ1n) is 10.6. The Kier molecular flexibility index (Phi) is 6.61. The van der Waals surface area contributed by atoms with Crippen molar-refractivity contribution in [3.63, 3.8) is 0 Å². The zero-order chi connectivity index (χ0) is 20.4. The Bertz CT molecular complexity index is 943. The van der Waals surface area contributed by atoms with Crippen LogP contribution in [0.1, 0.15) is 49.5 Å². The lowest BCUT2D eigenvalue weighted by Crippen LogP contribution is -2.33. The summed E-state index contributed by atoms with van der Waals surface area (Å²) in [5.41, 5.74) is 1.10. The topological polar surface area (TPSA) is 73.2 Å². The summed E-state index contributed by atoms with van der Waals surface area (Å²) in [4.78, 5) is 32.4. The van der Waals surface area contributed by atoms with Crippen LogP contribution >= 0.6 is 23.1 Å². The number of aromatic nitrogens is 2. The van der Waals surface area contributed by atoms with E-state index in [1.165, 1.54) is 31.0 Å². The van der Waals surface area contributed by atoms with E-state index in [1.54, 1.807) is 15.9 Å². The van der Waals surface area contributed by atoms with Crippen LogP contribution in [0.25, 0.3) is 10.2 Å². The summed E-state index contributed by atoms with van der Waals surface area (Å²) in [5, 5.41) is 4.39. The van der Waals surface area contributed by atoms with Crippen LogP contribution in [0.3, 0.4) is 0 Å².